The number of carbonyl (C=O) groups excluding carboxylic acids is 1. The monoisotopic (exact) mass is 324 g/mol. The van der Waals surface area contributed by atoms with E-state index in [4.69, 9.17) is 0 Å². The molecule has 3 aromatic rings. The van der Waals surface area contributed by atoms with Crippen molar-refractivity contribution in [3.05, 3.63) is 65.2 Å². The highest BCUT2D eigenvalue weighted by Crippen LogP contribution is 2.17. The third kappa shape index (κ3) is 3.65. The summed E-state index contributed by atoms with van der Waals surface area (Å²) in [5.74, 6) is -0.325. The zero-order valence-electron chi connectivity index (χ0n) is 13.4. The van der Waals surface area contributed by atoms with E-state index >= 15 is 0 Å². The van der Waals surface area contributed by atoms with Gasteiger partial charge in [0.25, 0.3) is 0 Å². The van der Waals surface area contributed by atoms with Gasteiger partial charge in [0.05, 0.1) is 22.4 Å². The molecule has 1 aromatic heterocycles. The van der Waals surface area contributed by atoms with Gasteiger partial charge in [-0.05, 0) is 49.7 Å². The minimum absolute atomic E-state index is 0.245. The number of amides is 2. The average molecular weight is 324 g/mol. The largest absolute Gasteiger partial charge is 0.334 e. The number of benzene rings is 2. The third-order valence-electron chi connectivity index (χ3n) is 3.68. The Bertz CT molecular complexity index is 911. The van der Waals surface area contributed by atoms with Crippen LogP contribution in [0.2, 0.25) is 0 Å². The number of rotatable bonds is 3. The maximum Gasteiger partial charge on any atom is 0.319 e. The average Bonchev–Trinajstić information content (AvgIpc) is 2.54. The van der Waals surface area contributed by atoms with Crippen LogP contribution in [0.1, 0.15) is 17.0 Å². The Balaban J connectivity index is 1.67. The van der Waals surface area contributed by atoms with Gasteiger partial charge in [0, 0.05) is 12.2 Å². The van der Waals surface area contributed by atoms with Crippen LogP contribution in [0.15, 0.2) is 42.5 Å². The second-order valence-electron chi connectivity index (χ2n) is 5.54. The van der Waals surface area contributed by atoms with E-state index in [-0.39, 0.29) is 18.4 Å². The van der Waals surface area contributed by atoms with Gasteiger partial charge in [-0.2, -0.15) is 0 Å². The standard InChI is InChI=1S/C18H17FN4O/c1-11-12(2)22-17-9-15(6-7-16(17)21-11)23-18(24)20-10-13-4-3-5-14(19)8-13/h3-9H,10H2,1-2H3,(H2,20,23,24). The molecule has 1 heterocycles. The number of fused-ring (bicyclic) bond motifs is 1. The molecule has 0 fully saturated rings. The van der Waals surface area contributed by atoms with Gasteiger partial charge in [-0.25, -0.2) is 19.2 Å². The number of nitrogens with one attached hydrogen (secondary N) is 2. The molecule has 5 nitrogen and oxygen atoms in total. The second-order valence-corrected chi connectivity index (χ2v) is 5.54. The van der Waals surface area contributed by atoms with Gasteiger partial charge in [0.1, 0.15) is 5.82 Å². The van der Waals surface area contributed by atoms with Crippen molar-refractivity contribution in [2.75, 3.05) is 5.32 Å². The molecule has 0 aliphatic carbocycles. The predicted octanol–water partition coefficient (Wildman–Crippen LogP) is 3.71. The summed E-state index contributed by atoms with van der Waals surface area (Å²) in [6.45, 7) is 4.05. The Morgan fingerprint density at radius 3 is 2.54 bits per heavy atom. The van der Waals surface area contributed by atoms with Crippen LogP contribution < -0.4 is 10.6 Å². The first kappa shape index (κ1) is 15.9. The molecule has 0 aliphatic rings. The first-order valence-electron chi connectivity index (χ1n) is 7.55. The van der Waals surface area contributed by atoms with Crippen LogP contribution in [-0.4, -0.2) is 16.0 Å². The third-order valence-corrected chi connectivity index (χ3v) is 3.68. The summed E-state index contributed by atoms with van der Waals surface area (Å²) < 4.78 is 13.1. The smallest absolute Gasteiger partial charge is 0.319 e. The van der Waals surface area contributed by atoms with E-state index in [0.29, 0.717) is 11.3 Å². The maximum absolute atomic E-state index is 13.1. The van der Waals surface area contributed by atoms with E-state index in [0.717, 1.165) is 22.4 Å². The van der Waals surface area contributed by atoms with E-state index < -0.39 is 0 Å². The highest BCUT2D eigenvalue weighted by atomic mass is 19.1. The van der Waals surface area contributed by atoms with Crippen LogP contribution in [0, 0.1) is 19.7 Å². The number of nitrogens with zero attached hydrogens (tertiary/aromatic N) is 2. The van der Waals surface area contributed by atoms with Crippen molar-refractivity contribution in [3.8, 4) is 0 Å². The van der Waals surface area contributed by atoms with Crippen molar-refractivity contribution in [2.45, 2.75) is 20.4 Å². The molecule has 122 valence electrons. The van der Waals surface area contributed by atoms with Crippen molar-refractivity contribution in [2.24, 2.45) is 0 Å². The van der Waals surface area contributed by atoms with Crippen LogP contribution in [0.4, 0.5) is 14.9 Å². The lowest BCUT2D eigenvalue weighted by Crippen LogP contribution is -2.28. The van der Waals surface area contributed by atoms with Gasteiger partial charge >= 0.3 is 6.03 Å². The van der Waals surface area contributed by atoms with Crippen molar-refractivity contribution >= 4 is 22.8 Å². The Kier molecular flexibility index (Phi) is 4.37. The molecule has 0 unspecified atom stereocenters. The lowest BCUT2D eigenvalue weighted by Gasteiger charge is -2.09. The number of carbonyl (C=O) groups is 1. The summed E-state index contributed by atoms with van der Waals surface area (Å²) in [5.41, 5.74) is 4.56. The fourth-order valence-corrected chi connectivity index (χ4v) is 2.31. The number of halogens is 1. The molecule has 0 bridgehead atoms. The lowest BCUT2D eigenvalue weighted by molar-refractivity contribution is 0.251. The number of aryl methyl sites for hydroxylation is 2. The molecule has 0 saturated heterocycles. The first-order valence-corrected chi connectivity index (χ1v) is 7.55. The van der Waals surface area contributed by atoms with Gasteiger partial charge in [0.2, 0.25) is 0 Å². The van der Waals surface area contributed by atoms with Gasteiger partial charge in [-0.15, -0.1) is 0 Å². The van der Waals surface area contributed by atoms with Crippen molar-refractivity contribution in [1.82, 2.24) is 15.3 Å². The number of urea groups is 1. The minimum Gasteiger partial charge on any atom is -0.334 e. The van der Waals surface area contributed by atoms with E-state index in [1.54, 1.807) is 24.3 Å². The SMILES string of the molecule is Cc1nc2ccc(NC(=O)NCc3cccc(F)c3)cc2nc1C. The summed E-state index contributed by atoms with van der Waals surface area (Å²) in [6, 6.07) is 11.1. The number of aromatic nitrogens is 2. The number of hydrogen-bond donors (Lipinski definition) is 2. The summed E-state index contributed by atoms with van der Waals surface area (Å²) in [5, 5.41) is 5.43. The van der Waals surface area contributed by atoms with Crippen LogP contribution in [0.3, 0.4) is 0 Å². The van der Waals surface area contributed by atoms with E-state index in [1.165, 1.54) is 12.1 Å². The van der Waals surface area contributed by atoms with Gasteiger partial charge in [-0.1, -0.05) is 12.1 Å². The Labute approximate surface area is 138 Å². The van der Waals surface area contributed by atoms with Gasteiger partial charge in [-0.3, -0.25) is 0 Å². The Morgan fingerprint density at radius 2 is 1.79 bits per heavy atom. The fraction of sp³-hybridized carbons (Fsp3) is 0.167. The molecular weight excluding hydrogens is 307 g/mol. The van der Waals surface area contributed by atoms with Crippen LogP contribution in [0.5, 0.6) is 0 Å². The molecule has 2 aromatic carbocycles. The molecule has 2 N–H and O–H groups in total. The molecule has 0 atom stereocenters. The molecule has 24 heavy (non-hydrogen) atoms. The van der Waals surface area contributed by atoms with Crippen LogP contribution in [0.25, 0.3) is 11.0 Å². The highest BCUT2D eigenvalue weighted by Gasteiger charge is 2.06. The molecular formula is C18H17FN4O. The Hall–Kier alpha value is -3.02. The van der Waals surface area contributed by atoms with Crippen molar-refractivity contribution in [1.29, 1.82) is 0 Å². The zero-order chi connectivity index (χ0) is 17.1. The molecule has 6 heteroatoms. The number of hydrogen-bond acceptors (Lipinski definition) is 3. The fourth-order valence-electron chi connectivity index (χ4n) is 2.31. The summed E-state index contributed by atoms with van der Waals surface area (Å²) >= 11 is 0. The first-order chi connectivity index (χ1) is 11.5. The molecule has 0 aliphatic heterocycles. The summed E-state index contributed by atoms with van der Waals surface area (Å²) in [7, 11) is 0. The number of anilines is 1. The van der Waals surface area contributed by atoms with Crippen molar-refractivity contribution in [3.63, 3.8) is 0 Å². The molecule has 2 amide bonds. The predicted molar refractivity (Wildman–Crippen MR) is 91.3 cm³/mol. The second kappa shape index (κ2) is 6.62. The zero-order valence-corrected chi connectivity index (χ0v) is 13.4. The molecule has 0 spiro atoms. The Morgan fingerprint density at radius 1 is 1.04 bits per heavy atom. The molecule has 3 rings (SSSR count). The minimum atomic E-state index is -0.365. The van der Waals surface area contributed by atoms with Crippen molar-refractivity contribution < 1.29 is 9.18 Å². The molecule has 0 radical (unpaired) electrons. The quantitative estimate of drug-likeness (QED) is 0.772. The van der Waals surface area contributed by atoms with E-state index in [9.17, 15) is 9.18 Å². The maximum atomic E-state index is 13.1. The van der Waals surface area contributed by atoms with Crippen LogP contribution in [-0.2, 0) is 6.54 Å². The van der Waals surface area contributed by atoms with Gasteiger partial charge in [0.15, 0.2) is 0 Å². The van der Waals surface area contributed by atoms with Gasteiger partial charge < -0.3 is 10.6 Å². The topological polar surface area (TPSA) is 66.9 Å². The van der Waals surface area contributed by atoms with Crippen LogP contribution >= 0.6 is 0 Å². The summed E-state index contributed by atoms with van der Waals surface area (Å²) in [6.07, 6.45) is 0. The molecule has 0 saturated carbocycles. The lowest BCUT2D eigenvalue weighted by atomic mass is 10.2. The van der Waals surface area contributed by atoms with E-state index in [2.05, 4.69) is 20.6 Å². The summed E-state index contributed by atoms with van der Waals surface area (Å²) in [4.78, 5) is 20.9. The normalized spacial score (nSPS) is 10.6. The van der Waals surface area contributed by atoms with E-state index in [1.807, 2.05) is 19.9 Å². The highest BCUT2D eigenvalue weighted by molar-refractivity contribution is 5.91.